The van der Waals surface area contributed by atoms with Gasteiger partial charge in [-0.2, -0.15) is 0 Å². The molecule has 1 rings (SSSR count). The zero-order chi connectivity index (χ0) is 19.2. The third kappa shape index (κ3) is 8.61. The predicted octanol–water partition coefficient (Wildman–Crippen LogP) is 4.69. The fraction of sp³-hybridized carbons (Fsp3) is 0.636. The van der Waals surface area contributed by atoms with E-state index in [1.165, 1.54) is 0 Å². The van der Waals surface area contributed by atoms with Crippen molar-refractivity contribution >= 4 is 11.8 Å². The van der Waals surface area contributed by atoms with Crippen molar-refractivity contribution < 1.29 is 19.8 Å². The van der Waals surface area contributed by atoms with E-state index in [-0.39, 0.29) is 30.8 Å². The number of aliphatic carboxylic acids is 1. The predicted molar refractivity (Wildman–Crippen MR) is 105 cm³/mol. The number of allylic oxidation sites excluding steroid dienone is 5. The number of unbranched alkanes of at least 4 members (excludes halogenated alkanes) is 5. The van der Waals surface area contributed by atoms with Crippen molar-refractivity contribution in [2.24, 2.45) is 17.8 Å². The molecule has 0 aromatic carbocycles. The second-order valence-electron chi connectivity index (χ2n) is 7.10. The molecule has 1 saturated carbocycles. The summed E-state index contributed by atoms with van der Waals surface area (Å²) in [6.07, 6.45) is 18.4. The van der Waals surface area contributed by atoms with E-state index < -0.39 is 5.97 Å². The van der Waals surface area contributed by atoms with Gasteiger partial charge in [0.05, 0.1) is 0 Å². The van der Waals surface area contributed by atoms with Crippen LogP contribution in [-0.4, -0.2) is 28.6 Å². The Morgan fingerprint density at radius 3 is 2.50 bits per heavy atom. The van der Waals surface area contributed by atoms with Gasteiger partial charge in [-0.3, -0.25) is 9.59 Å². The van der Waals surface area contributed by atoms with Gasteiger partial charge in [-0.1, -0.05) is 43.2 Å². The fourth-order valence-electron chi connectivity index (χ4n) is 3.55. The molecular weight excluding hydrogens is 328 g/mol. The Labute approximate surface area is 157 Å². The highest BCUT2D eigenvalue weighted by molar-refractivity contribution is 5.84. The third-order valence-electron chi connectivity index (χ3n) is 5.07. The second kappa shape index (κ2) is 13.5. The van der Waals surface area contributed by atoms with Gasteiger partial charge in [-0.05, 0) is 50.4 Å². The van der Waals surface area contributed by atoms with Crippen LogP contribution in [0.5, 0.6) is 0 Å². The number of carboxylic acid groups (broad SMARTS) is 1. The zero-order valence-electron chi connectivity index (χ0n) is 15.8. The number of carboxylic acids is 1. The smallest absolute Gasteiger partial charge is 0.303 e. The summed E-state index contributed by atoms with van der Waals surface area (Å²) in [5, 5.41) is 17.4. The molecule has 4 heteroatoms. The van der Waals surface area contributed by atoms with Crippen LogP contribution in [0.3, 0.4) is 0 Å². The molecule has 0 bridgehead atoms. The largest absolute Gasteiger partial charge is 0.481 e. The monoisotopic (exact) mass is 362 g/mol. The molecule has 0 heterocycles. The van der Waals surface area contributed by atoms with Gasteiger partial charge in [0.2, 0.25) is 0 Å². The second-order valence-corrected chi connectivity index (χ2v) is 7.10. The molecule has 2 unspecified atom stereocenters. The van der Waals surface area contributed by atoms with Gasteiger partial charge < -0.3 is 10.2 Å². The molecule has 0 aromatic heterocycles. The van der Waals surface area contributed by atoms with E-state index >= 15 is 0 Å². The van der Waals surface area contributed by atoms with Crippen LogP contribution >= 0.6 is 0 Å². The Kier molecular flexibility index (Phi) is 11.6. The van der Waals surface area contributed by atoms with Gasteiger partial charge >= 0.3 is 5.97 Å². The Morgan fingerprint density at radius 2 is 1.81 bits per heavy atom. The highest BCUT2D eigenvalue weighted by Gasteiger charge is 2.38. The van der Waals surface area contributed by atoms with Crippen LogP contribution < -0.4 is 0 Å². The SMILES string of the molecule is C=C[C@H]1CC(=O)C(CC=CCCCC(=O)O)C1C=CCCCCCCO. The Hall–Kier alpha value is -1.68. The average Bonchev–Trinajstić information content (AvgIpc) is 2.92. The highest BCUT2D eigenvalue weighted by Crippen LogP contribution is 2.38. The van der Waals surface area contributed by atoms with E-state index in [2.05, 4.69) is 18.7 Å². The summed E-state index contributed by atoms with van der Waals surface area (Å²) in [5.41, 5.74) is 0. The summed E-state index contributed by atoms with van der Waals surface area (Å²) >= 11 is 0. The number of carbonyl (C=O) groups is 2. The van der Waals surface area contributed by atoms with Crippen LogP contribution in [0.25, 0.3) is 0 Å². The Morgan fingerprint density at radius 1 is 1.08 bits per heavy atom. The number of hydrogen-bond acceptors (Lipinski definition) is 3. The standard InChI is InChI=1S/C22H34O4/c1-2-18-17-21(24)20(14-10-6-7-11-15-22(25)26)19(18)13-9-5-3-4-8-12-16-23/h2,6,9-10,13,18-20,23H,1,3-5,7-8,11-12,14-17H2,(H,25,26)/t18-,19?,20?/m0/s1. The van der Waals surface area contributed by atoms with Crippen LogP contribution in [0.15, 0.2) is 37.0 Å². The maximum Gasteiger partial charge on any atom is 0.303 e. The molecule has 0 aliphatic heterocycles. The molecule has 0 spiro atoms. The molecule has 0 saturated heterocycles. The summed E-state index contributed by atoms with van der Waals surface area (Å²) < 4.78 is 0. The summed E-state index contributed by atoms with van der Waals surface area (Å²) in [6, 6.07) is 0. The zero-order valence-corrected chi connectivity index (χ0v) is 15.8. The minimum atomic E-state index is -0.764. The van der Waals surface area contributed by atoms with E-state index in [4.69, 9.17) is 10.2 Å². The van der Waals surface area contributed by atoms with Crippen LogP contribution in [0, 0.1) is 17.8 Å². The van der Waals surface area contributed by atoms with Crippen LogP contribution in [0.1, 0.15) is 64.2 Å². The van der Waals surface area contributed by atoms with Crippen LogP contribution in [0.2, 0.25) is 0 Å². The molecule has 1 aliphatic rings. The van der Waals surface area contributed by atoms with E-state index in [0.717, 1.165) is 44.9 Å². The topological polar surface area (TPSA) is 74.6 Å². The molecule has 2 N–H and O–H groups in total. The Bertz CT molecular complexity index is 492. The molecule has 0 aromatic rings. The van der Waals surface area contributed by atoms with Crippen molar-refractivity contribution in [1.29, 1.82) is 0 Å². The first-order valence-corrected chi connectivity index (χ1v) is 9.89. The number of ketones is 1. The number of hydrogen-bond donors (Lipinski definition) is 2. The molecule has 0 radical (unpaired) electrons. The quantitative estimate of drug-likeness (QED) is 0.347. The lowest BCUT2D eigenvalue weighted by atomic mass is 9.86. The summed E-state index contributed by atoms with van der Waals surface area (Å²) in [6.45, 7) is 4.16. The van der Waals surface area contributed by atoms with Crippen LogP contribution in [-0.2, 0) is 9.59 Å². The third-order valence-corrected chi connectivity index (χ3v) is 5.07. The molecule has 1 aliphatic carbocycles. The van der Waals surface area contributed by atoms with Crippen molar-refractivity contribution in [3.63, 3.8) is 0 Å². The van der Waals surface area contributed by atoms with Crippen molar-refractivity contribution in [2.45, 2.75) is 64.2 Å². The number of Topliss-reactive ketones (excluding diaryl/α,β-unsaturated/α-hetero) is 1. The Balaban J connectivity index is 2.45. The minimum absolute atomic E-state index is 0.0133. The van der Waals surface area contributed by atoms with Gasteiger partial charge in [-0.25, -0.2) is 0 Å². The molecule has 3 atom stereocenters. The molecule has 26 heavy (non-hydrogen) atoms. The first-order valence-electron chi connectivity index (χ1n) is 9.89. The normalized spacial score (nSPS) is 23.3. The molecular formula is C22H34O4. The van der Waals surface area contributed by atoms with Gasteiger partial charge in [0.25, 0.3) is 0 Å². The van der Waals surface area contributed by atoms with E-state index in [1.54, 1.807) is 0 Å². The highest BCUT2D eigenvalue weighted by atomic mass is 16.4. The maximum atomic E-state index is 12.4. The summed E-state index contributed by atoms with van der Waals surface area (Å²) in [7, 11) is 0. The lowest BCUT2D eigenvalue weighted by Crippen LogP contribution is -2.14. The van der Waals surface area contributed by atoms with Gasteiger partial charge in [-0.15, -0.1) is 6.58 Å². The number of aliphatic hydroxyl groups is 1. The molecule has 0 amide bonds. The van der Waals surface area contributed by atoms with E-state index in [9.17, 15) is 9.59 Å². The maximum absolute atomic E-state index is 12.4. The van der Waals surface area contributed by atoms with Crippen LogP contribution in [0.4, 0.5) is 0 Å². The van der Waals surface area contributed by atoms with Gasteiger partial charge in [0.1, 0.15) is 5.78 Å². The molecule has 4 nitrogen and oxygen atoms in total. The fourth-order valence-corrected chi connectivity index (χ4v) is 3.55. The van der Waals surface area contributed by atoms with E-state index in [1.807, 2.05) is 18.2 Å². The number of carbonyl (C=O) groups excluding carboxylic acids is 1. The van der Waals surface area contributed by atoms with Crippen molar-refractivity contribution in [3.05, 3.63) is 37.0 Å². The average molecular weight is 363 g/mol. The lowest BCUT2D eigenvalue weighted by Gasteiger charge is -2.17. The minimum Gasteiger partial charge on any atom is -0.481 e. The van der Waals surface area contributed by atoms with Crippen molar-refractivity contribution in [3.8, 4) is 0 Å². The number of rotatable bonds is 14. The van der Waals surface area contributed by atoms with Crippen molar-refractivity contribution in [2.75, 3.05) is 6.61 Å². The number of aliphatic hydroxyl groups excluding tert-OH is 1. The lowest BCUT2D eigenvalue weighted by molar-refractivity contribution is -0.137. The van der Waals surface area contributed by atoms with E-state index in [0.29, 0.717) is 18.6 Å². The first-order chi connectivity index (χ1) is 12.6. The van der Waals surface area contributed by atoms with Gasteiger partial charge in [0.15, 0.2) is 0 Å². The van der Waals surface area contributed by atoms with Gasteiger partial charge in [0, 0.05) is 25.4 Å². The molecule has 146 valence electrons. The molecule has 1 fully saturated rings. The van der Waals surface area contributed by atoms with Crippen molar-refractivity contribution in [1.82, 2.24) is 0 Å². The summed E-state index contributed by atoms with van der Waals surface area (Å²) in [5.74, 6) is 0.00135. The summed E-state index contributed by atoms with van der Waals surface area (Å²) in [4.78, 5) is 22.9. The first kappa shape index (κ1) is 22.4.